The van der Waals surface area contributed by atoms with Gasteiger partial charge in [0, 0.05) is 24.8 Å². The van der Waals surface area contributed by atoms with E-state index in [0.29, 0.717) is 6.67 Å². The number of likely N-dealkylation sites (tertiary alicyclic amines) is 1. The molecule has 0 unspecified atom stereocenters. The minimum Gasteiger partial charge on any atom is -0.339 e. The van der Waals surface area contributed by atoms with Crippen LogP contribution >= 0.6 is 12.4 Å². The van der Waals surface area contributed by atoms with E-state index in [1.807, 2.05) is 6.07 Å². The van der Waals surface area contributed by atoms with Gasteiger partial charge in [0.05, 0.1) is 6.67 Å². The molecule has 3 fully saturated rings. The first kappa shape index (κ1) is 18.5. The number of hydrogen-bond donors (Lipinski definition) is 1. The van der Waals surface area contributed by atoms with E-state index in [2.05, 4.69) is 46.3 Å². The van der Waals surface area contributed by atoms with E-state index in [0.717, 1.165) is 43.6 Å². The number of hydrogen-bond acceptors (Lipinski definition) is 3. The van der Waals surface area contributed by atoms with Crippen molar-refractivity contribution >= 4 is 24.0 Å². The van der Waals surface area contributed by atoms with E-state index >= 15 is 0 Å². The quantitative estimate of drug-likeness (QED) is 0.874. The van der Waals surface area contributed by atoms with Crippen LogP contribution in [0, 0.1) is 5.92 Å². The van der Waals surface area contributed by atoms with E-state index in [-0.39, 0.29) is 23.9 Å². The molecule has 1 aliphatic carbocycles. The van der Waals surface area contributed by atoms with Gasteiger partial charge in [0.2, 0.25) is 5.91 Å². The molecular formula is C20H30ClN3O. The summed E-state index contributed by atoms with van der Waals surface area (Å²) in [6, 6.07) is 11.1. The van der Waals surface area contributed by atoms with E-state index in [4.69, 9.17) is 0 Å². The summed E-state index contributed by atoms with van der Waals surface area (Å²) in [4.78, 5) is 17.6. The largest absolute Gasteiger partial charge is 0.339 e. The second-order valence-electron chi connectivity index (χ2n) is 7.91. The maximum absolute atomic E-state index is 12.7. The fraction of sp³-hybridized carbons (Fsp3) is 0.650. The van der Waals surface area contributed by atoms with Gasteiger partial charge in [0.15, 0.2) is 0 Å². The van der Waals surface area contributed by atoms with Gasteiger partial charge in [-0.25, -0.2) is 0 Å². The van der Waals surface area contributed by atoms with Crippen LogP contribution in [0.1, 0.15) is 45.4 Å². The van der Waals surface area contributed by atoms with Gasteiger partial charge in [-0.2, -0.15) is 0 Å². The van der Waals surface area contributed by atoms with Crippen LogP contribution in [0.15, 0.2) is 30.3 Å². The number of nitrogens with zero attached hydrogens (tertiary/aromatic N) is 2. The first-order chi connectivity index (χ1) is 11.7. The molecule has 0 radical (unpaired) electrons. The topological polar surface area (TPSA) is 35.6 Å². The molecule has 1 amide bonds. The first-order valence-corrected chi connectivity index (χ1v) is 9.54. The molecule has 1 saturated carbocycles. The summed E-state index contributed by atoms with van der Waals surface area (Å²) in [5, 5.41) is 3.10. The molecular weight excluding hydrogens is 334 g/mol. The van der Waals surface area contributed by atoms with E-state index in [9.17, 15) is 4.79 Å². The number of anilines is 1. The van der Waals surface area contributed by atoms with E-state index in [1.165, 1.54) is 25.7 Å². The van der Waals surface area contributed by atoms with E-state index in [1.54, 1.807) is 0 Å². The van der Waals surface area contributed by atoms with Crippen molar-refractivity contribution < 1.29 is 4.79 Å². The van der Waals surface area contributed by atoms with Gasteiger partial charge in [-0.3, -0.25) is 4.79 Å². The highest BCUT2D eigenvalue weighted by Gasteiger charge is 2.50. The summed E-state index contributed by atoms with van der Waals surface area (Å²) in [6.07, 6.45) is 7.29. The second kappa shape index (κ2) is 7.55. The lowest BCUT2D eigenvalue weighted by Gasteiger charge is -2.46. The van der Waals surface area contributed by atoms with Crippen LogP contribution in [0.5, 0.6) is 0 Å². The van der Waals surface area contributed by atoms with Crippen molar-refractivity contribution in [2.24, 2.45) is 5.92 Å². The molecule has 4 rings (SSSR count). The van der Waals surface area contributed by atoms with Crippen molar-refractivity contribution in [3.63, 3.8) is 0 Å². The third-order valence-corrected chi connectivity index (χ3v) is 6.53. The molecule has 1 spiro atoms. The Morgan fingerprint density at radius 3 is 2.32 bits per heavy atom. The Morgan fingerprint density at radius 1 is 1.04 bits per heavy atom. The molecule has 0 atom stereocenters. The highest BCUT2D eigenvalue weighted by molar-refractivity contribution is 5.93. The van der Waals surface area contributed by atoms with Crippen LogP contribution in [0.4, 0.5) is 5.69 Å². The van der Waals surface area contributed by atoms with Gasteiger partial charge < -0.3 is 15.1 Å². The van der Waals surface area contributed by atoms with Gasteiger partial charge in [0.25, 0.3) is 0 Å². The van der Waals surface area contributed by atoms with Crippen LogP contribution in [-0.2, 0) is 4.79 Å². The second-order valence-corrected chi connectivity index (χ2v) is 7.91. The Bertz CT molecular complexity index is 578. The van der Waals surface area contributed by atoms with Crippen molar-refractivity contribution in [3.05, 3.63) is 30.3 Å². The summed E-state index contributed by atoms with van der Waals surface area (Å²) < 4.78 is 0. The third-order valence-electron chi connectivity index (χ3n) is 6.53. The molecule has 1 N–H and O–H groups in total. The molecule has 25 heavy (non-hydrogen) atoms. The van der Waals surface area contributed by atoms with Crippen molar-refractivity contribution in [2.45, 2.75) is 57.0 Å². The maximum Gasteiger partial charge on any atom is 0.247 e. The van der Waals surface area contributed by atoms with E-state index < -0.39 is 0 Å². The predicted octanol–water partition coefficient (Wildman–Crippen LogP) is 3.42. The molecule has 5 heteroatoms. The van der Waals surface area contributed by atoms with Crippen LogP contribution in [0.2, 0.25) is 0 Å². The van der Waals surface area contributed by atoms with Crippen LogP contribution in [-0.4, -0.2) is 42.1 Å². The highest BCUT2D eigenvalue weighted by atomic mass is 35.5. The molecule has 3 aliphatic rings. The molecule has 0 bridgehead atoms. The number of nitrogens with one attached hydrogen (secondary N) is 1. The lowest BCUT2D eigenvalue weighted by Crippen LogP contribution is -2.58. The first-order valence-electron chi connectivity index (χ1n) is 9.54. The fourth-order valence-corrected chi connectivity index (χ4v) is 4.90. The average molecular weight is 364 g/mol. The Kier molecular flexibility index (Phi) is 5.59. The standard InChI is InChI=1S/C20H29N3O.ClH/c1-16-7-9-17(10-8-16)22-13-11-20(12-14-22)19(24)21-15-23(20)18-5-3-2-4-6-18;/h2-6,16-17H,7-15H2,1H3,(H,21,24);1H/t16-,17-;. The third kappa shape index (κ3) is 3.39. The van der Waals surface area contributed by atoms with Crippen LogP contribution < -0.4 is 10.2 Å². The zero-order chi connectivity index (χ0) is 16.6. The summed E-state index contributed by atoms with van der Waals surface area (Å²) in [6.45, 7) is 5.12. The Morgan fingerprint density at radius 2 is 1.68 bits per heavy atom. The van der Waals surface area contributed by atoms with Crippen LogP contribution in [0.3, 0.4) is 0 Å². The van der Waals surface area contributed by atoms with Crippen molar-refractivity contribution in [1.82, 2.24) is 10.2 Å². The van der Waals surface area contributed by atoms with Gasteiger partial charge in [-0.1, -0.05) is 25.1 Å². The number of piperidine rings is 1. The minimum atomic E-state index is -0.334. The Labute approximate surface area is 157 Å². The zero-order valence-electron chi connectivity index (χ0n) is 15.1. The van der Waals surface area contributed by atoms with Crippen molar-refractivity contribution in [1.29, 1.82) is 0 Å². The van der Waals surface area contributed by atoms with Gasteiger partial charge >= 0.3 is 0 Å². The summed E-state index contributed by atoms with van der Waals surface area (Å²) in [5.41, 5.74) is 0.829. The van der Waals surface area contributed by atoms with Gasteiger partial charge in [-0.15, -0.1) is 12.4 Å². The fourth-order valence-electron chi connectivity index (χ4n) is 4.90. The smallest absolute Gasteiger partial charge is 0.247 e. The number of halogens is 1. The molecule has 4 nitrogen and oxygen atoms in total. The average Bonchev–Trinajstić information content (AvgIpc) is 2.94. The molecule has 2 saturated heterocycles. The molecule has 1 aromatic rings. The molecule has 1 aromatic carbocycles. The number of carbonyl (C=O) groups excluding carboxylic acids is 1. The number of rotatable bonds is 2. The molecule has 138 valence electrons. The number of benzene rings is 1. The normalized spacial score (nSPS) is 29.3. The Hall–Kier alpha value is -1.26. The summed E-state index contributed by atoms with van der Waals surface area (Å²) in [5.74, 6) is 1.12. The monoisotopic (exact) mass is 363 g/mol. The van der Waals surface area contributed by atoms with Crippen molar-refractivity contribution in [3.8, 4) is 0 Å². The lowest BCUT2D eigenvalue weighted by molar-refractivity contribution is -0.125. The number of amides is 1. The summed E-state index contributed by atoms with van der Waals surface area (Å²) >= 11 is 0. The van der Waals surface area contributed by atoms with Gasteiger partial charge in [0.1, 0.15) is 5.54 Å². The minimum absolute atomic E-state index is 0. The summed E-state index contributed by atoms with van der Waals surface area (Å²) in [7, 11) is 0. The highest BCUT2D eigenvalue weighted by Crippen LogP contribution is 2.38. The predicted molar refractivity (Wildman–Crippen MR) is 104 cm³/mol. The van der Waals surface area contributed by atoms with Crippen LogP contribution in [0.25, 0.3) is 0 Å². The zero-order valence-corrected chi connectivity index (χ0v) is 15.9. The lowest BCUT2D eigenvalue weighted by atomic mass is 9.82. The molecule has 2 heterocycles. The van der Waals surface area contributed by atoms with Gasteiger partial charge in [-0.05, 0) is 56.6 Å². The SMILES string of the molecule is C[C@H]1CC[C@H](N2CCC3(CC2)C(=O)NCN3c2ccccc2)CC1.Cl. The number of para-hydroxylation sites is 1. The molecule has 2 aliphatic heterocycles. The number of carbonyl (C=O) groups is 1. The molecule has 0 aromatic heterocycles. The Balaban J connectivity index is 0.00000182. The maximum atomic E-state index is 12.7. The van der Waals surface area contributed by atoms with Crippen molar-refractivity contribution in [2.75, 3.05) is 24.7 Å².